The van der Waals surface area contributed by atoms with Crippen LogP contribution in [-0.2, 0) is 0 Å². The topological polar surface area (TPSA) is 0 Å². The van der Waals surface area contributed by atoms with Crippen molar-refractivity contribution in [1.29, 1.82) is 0 Å². The summed E-state index contributed by atoms with van der Waals surface area (Å²) in [6.45, 7) is 0. The largest absolute Gasteiger partial charge is 0.144 e. The Morgan fingerprint density at radius 2 is 1.62 bits per heavy atom. The molecule has 0 bridgehead atoms. The van der Waals surface area contributed by atoms with E-state index in [9.17, 15) is 0 Å². The minimum Gasteiger partial charge on any atom is -0.144 e. The summed E-state index contributed by atoms with van der Waals surface area (Å²) in [7, 11) is 0. The third kappa shape index (κ3) is 1.58. The zero-order valence-electron chi connectivity index (χ0n) is 8.48. The number of hydrogen-bond donors (Lipinski definition) is 0. The van der Waals surface area contributed by atoms with E-state index in [2.05, 4.69) is 69.8 Å². The minimum atomic E-state index is 1.16. The number of benzene rings is 2. The molecule has 1 heterocycles. The lowest BCUT2D eigenvalue weighted by molar-refractivity contribution is 1.70. The summed E-state index contributed by atoms with van der Waals surface area (Å²) in [4.78, 5) is 1.32. The Morgan fingerprint density at radius 1 is 0.812 bits per heavy atom. The van der Waals surface area contributed by atoms with E-state index < -0.39 is 0 Å². The Balaban J connectivity index is 2.39. The molecule has 0 aliphatic heterocycles. The van der Waals surface area contributed by atoms with Crippen molar-refractivity contribution >= 4 is 38.0 Å². The predicted molar refractivity (Wildman–Crippen MR) is 75.0 cm³/mol. The molecule has 3 rings (SSSR count). The van der Waals surface area contributed by atoms with E-state index in [0.717, 1.165) is 4.47 Å². The number of hydrogen-bond acceptors (Lipinski definition) is 1. The van der Waals surface area contributed by atoms with Crippen LogP contribution in [-0.4, -0.2) is 0 Å². The third-order valence-corrected chi connectivity index (χ3v) is 4.25. The molecule has 0 N–H and O–H groups in total. The van der Waals surface area contributed by atoms with Crippen LogP contribution in [0.4, 0.5) is 0 Å². The average molecular weight is 289 g/mol. The number of halogens is 1. The maximum atomic E-state index is 3.60. The van der Waals surface area contributed by atoms with Crippen LogP contribution in [0.3, 0.4) is 0 Å². The molecule has 0 aliphatic rings. The van der Waals surface area contributed by atoms with Gasteiger partial charge in [0.15, 0.2) is 0 Å². The van der Waals surface area contributed by atoms with Crippen molar-refractivity contribution in [3.63, 3.8) is 0 Å². The summed E-state index contributed by atoms with van der Waals surface area (Å²) in [5, 5.41) is 4.69. The van der Waals surface area contributed by atoms with Crippen LogP contribution in [0, 0.1) is 0 Å². The molecule has 3 aromatic rings. The zero-order chi connectivity index (χ0) is 11.0. The van der Waals surface area contributed by atoms with Gasteiger partial charge in [0.05, 0.1) is 0 Å². The summed E-state index contributed by atoms with van der Waals surface area (Å²) in [6, 6.07) is 17.1. The summed E-state index contributed by atoms with van der Waals surface area (Å²) in [6.07, 6.45) is 0. The molecule has 0 radical (unpaired) electrons. The molecule has 0 aliphatic carbocycles. The van der Waals surface area contributed by atoms with Crippen LogP contribution in [0.2, 0.25) is 0 Å². The number of thiophene rings is 1. The first-order chi connectivity index (χ1) is 7.86. The molecule has 0 fully saturated rings. The highest BCUT2D eigenvalue weighted by molar-refractivity contribution is 9.10. The quantitative estimate of drug-likeness (QED) is 0.568. The lowest BCUT2D eigenvalue weighted by Crippen LogP contribution is -1.79. The van der Waals surface area contributed by atoms with Gasteiger partial charge in [0, 0.05) is 9.35 Å². The van der Waals surface area contributed by atoms with Crippen LogP contribution in [0.15, 0.2) is 58.4 Å². The molecular formula is C14H9BrS. The van der Waals surface area contributed by atoms with Gasteiger partial charge in [-0.1, -0.05) is 52.3 Å². The molecule has 2 heteroatoms. The fourth-order valence-corrected chi connectivity index (χ4v) is 3.15. The molecule has 1 aromatic heterocycles. The van der Waals surface area contributed by atoms with E-state index in [0.29, 0.717) is 0 Å². The van der Waals surface area contributed by atoms with Gasteiger partial charge in [0.25, 0.3) is 0 Å². The second-order valence-electron chi connectivity index (χ2n) is 3.62. The lowest BCUT2D eigenvalue weighted by Gasteiger charge is -2.06. The van der Waals surface area contributed by atoms with Crippen LogP contribution >= 0.6 is 27.3 Å². The Bertz CT molecular complexity index is 626. The lowest BCUT2D eigenvalue weighted by atomic mass is 10.0. The van der Waals surface area contributed by atoms with Crippen LogP contribution in [0.1, 0.15) is 0 Å². The van der Waals surface area contributed by atoms with Crippen molar-refractivity contribution in [3.05, 3.63) is 58.4 Å². The Morgan fingerprint density at radius 3 is 2.38 bits per heavy atom. The van der Waals surface area contributed by atoms with Crippen molar-refractivity contribution in [2.24, 2.45) is 0 Å². The Kier molecular flexibility index (Phi) is 2.54. The number of fused-ring (bicyclic) bond motifs is 1. The van der Waals surface area contributed by atoms with E-state index in [1.165, 1.54) is 21.2 Å². The number of rotatable bonds is 1. The van der Waals surface area contributed by atoms with Gasteiger partial charge in [-0.15, -0.1) is 11.3 Å². The molecule has 0 unspecified atom stereocenters. The first-order valence-corrected chi connectivity index (χ1v) is 6.74. The first-order valence-electron chi connectivity index (χ1n) is 5.07. The summed E-state index contributed by atoms with van der Waals surface area (Å²) >= 11 is 5.38. The first kappa shape index (κ1) is 10.1. The van der Waals surface area contributed by atoms with Crippen molar-refractivity contribution in [3.8, 4) is 10.4 Å². The molecule has 0 atom stereocenters. The summed E-state index contributed by atoms with van der Waals surface area (Å²) < 4.78 is 1.16. The Hall–Kier alpha value is -1.12. The van der Waals surface area contributed by atoms with E-state index >= 15 is 0 Å². The van der Waals surface area contributed by atoms with Gasteiger partial charge in [-0.25, -0.2) is 0 Å². The fourth-order valence-electron chi connectivity index (χ4n) is 1.91. The van der Waals surface area contributed by atoms with Gasteiger partial charge in [-0.2, -0.15) is 0 Å². The fraction of sp³-hybridized carbons (Fsp3) is 0. The molecular weight excluding hydrogens is 280 g/mol. The highest BCUT2D eigenvalue weighted by Gasteiger charge is 2.06. The monoisotopic (exact) mass is 288 g/mol. The van der Waals surface area contributed by atoms with Crippen LogP contribution < -0.4 is 0 Å². The van der Waals surface area contributed by atoms with Crippen LogP contribution in [0.25, 0.3) is 21.2 Å². The Labute approximate surface area is 107 Å². The maximum Gasteiger partial charge on any atom is 0.0348 e. The average Bonchev–Trinajstić information content (AvgIpc) is 2.83. The molecule has 16 heavy (non-hydrogen) atoms. The smallest absolute Gasteiger partial charge is 0.0348 e. The normalized spacial score (nSPS) is 10.8. The summed E-state index contributed by atoms with van der Waals surface area (Å²) in [5.74, 6) is 0. The van der Waals surface area contributed by atoms with Gasteiger partial charge >= 0.3 is 0 Å². The highest BCUT2D eigenvalue weighted by atomic mass is 79.9. The molecule has 0 spiro atoms. The van der Waals surface area contributed by atoms with Gasteiger partial charge in [0.2, 0.25) is 0 Å². The zero-order valence-corrected chi connectivity index (χ0v) is 10.9. The van der Waals surface area contributed by atoms with Gasteiger partial charge < -0.3 is 0 Å². The van der Waals surface area contributed by atoms with E-state index in [1.807, 2.05) is 0 Å². The maximum absolute atomic E-state index is 3.60. The van der Waals surface area contributed by atoms with Crippen molar-refractivity contribution in [2.45, 2.75) is 0 Å². The minimum absolute atomic E-state index is 1.16. The second kappa shape index (κ2) is 4.04. The second-order valence-corrected chi connectivity index (χ2v) is 5.42. The summed E-state index contributed by atoms with van der Waals surface area (Å²) in [5.41, 5.74) is 1.31. The highest BCUT2D eigenvalue weighted by Crippen LogP contribution is 2.35. The molecule has 0 saturated heterocycles. The molecule has 0 saturated carbocycles. The van der Waals surface area contributed by atoms with Gasteiger partial charge in [0.1, 0.15) is 0 Å². The standard InChI is InChI=1S/C14H9BrS/c15-13-8-7-12(14-6-3-9-16-14)10-4-1-2-5-11(10)13/h1-9H. The van der Waals surface area contributed by atoms with E-state index in [-0.39, 0.29) is 0 Å². The van der Waals surface area contributed by atoms with Gasteiger partial charge in [-0.05, 0) is 33.8 Å². The molecule has 0 nitrogen and oxygen atoms in total. The SMILES string of the molecule is Brc1ccc(-c2cccs2)c2ccccc12. The van der Waals surface area contributed by atoms with Crippen molar-refractivity contribution in [1.82, 2.24) is 0 Å². The molecule has 2 aromatic carbocycles. The van der Waals surface area contributed by atoms with Crippen LogP contribution in [0.5, 0.6) is 0 Å². The van der Waals surface area contributed by atoms with Crippen molar-refractivity contribution < 1.29 is 0 Å². The van der Waals surface area contributed by atoms with E-state index in [1.54, 1.807) is 11.3 Å². The molecule has 78 valence electrons. The van der Waals surface area contributed by atoms with E-state index in [4.69, 9.17) is 0 Å². The predicted octanol–water partition coefficient (Wildman–Crippen LogP) is 5.33. The molecule has 0 amide bonds. The third-order valence-electron chi connectivity index (χ3n) is 2.66. The van der Waals surface area contributed by atoms with Crippen molar-refractivity contribution in [2.75, 3.05) is 0 Å². The van der Waals surface area contributed by atoms with Gasteiger partial charge in [-0.3, -0.25) is 0 Å².